The minimum absolute atomic E-state index is 0.513. The third kappa shape index (κ3) is 4.04. The van der Waals surface area contributed by atoms with Crippen LogP contribution in [-0.2, 0) is 10.0 Å². The van der Waals surface area contributed by atoms with Gasteiger partial charge in [-0.1, -0.05) is 0 Å². The van der Waals surface area contributed by atoms with Gasteiger partial charge in [0.1, 0.15) is 0 Å². The average molecular weight is 192 g/mol. The van der Waals surface area contributed by atoms with Gasteiger partial charge in [-0.05, 0) is 25.8 Å². The van der Waals surface area contributed by atoms with E-state index in [1.165, 1.54) is 19.1 Å². The summed E-state index contributed by atoms with van der Waals surface area (Å²) in [6.45, 7) is 1.63. The van der Waals surface area contributed by atoms with E-state index in [2.05, 4.69) is 10.0 Å². The number of rotatable bonds is 4. The summed E-state index contributed by atoms with van der Waals surface area (Å²) in [6, 6.07) is 0.513. The number of hydrogen-bond acceptors (Lipinski definition) is 3. The van der Waals surface area contributed by atoms with Gasteiger partial charge in [-0.15, -0.1) is 0 Å². The van der Waals surface area contributed by atoms with E-state index >= 15 is 0 Å². The van der Waals surface area contributed by atoms with Gasteiger partial charge in [-0.25, -0.2) is 13.1 Å². The van der Waals surface area contributed by atoms with E-state index in [1.54, 1.807) is 0 Å². The number of sulfonamides is 1. The minimum Gasteiger partial charge on any atom is -0.314 e. The molecule has 1 atom stereocenters. The van der Waals surface area contributed by atoms with Crippen LogP contribution in [0.15, 0.2) is 0 Å². The molecule has 0 aromatic heterocycles. The van der Waals surface area contributed by atoms with Gasteiger partial charge in [0.05, 0.1) is 6.26 Å². The van der Waals surface area contributed by atoms with E-state index in [1.807, 2.05) is 0 Å². The molecule has 0 amide bonds. The Morgan fingerprint density at radius 2 is 2.33 bits per heavy atom. The molecule has 1 saturated heterocycles. The van der Waals surface area contributed by atoms with Crippen molar-refractivity contribution in [1.29, 1.82) is 0 Å². The van der Waals surface area contributed by atoms with Crippen LogP contribution in [0.1, 0.15) is 19.3 Å². The Labute approximate surface area is 73.8 Å². The summed E-state index contributed by atoms with van der Waals surface area (Å²) in [5, 5.41) is 3.31. The van der Waals surface area contributed by atoms with Crippen molar-refractivity contribution in [1.82, 2.24) is 10.0 Å². The normalized spacial score (nSPS) is 24.6. The van der Waals surface area contributed by atoms with E-state index in [0.717, 1.165) is 13.0 Å². The van der Waals surface area contributed by atoms with Crippen molar-refractivity contribution in [3.8, 4) is 0 Å². The molecule has 0 radical (unpaired) electrons. The molecular formula is C7H16N2O2S. The standard InChI is InChI=1S/C7H16N2O2S/c1-12(10,11)9-6-4-7-3-2-5-8-7/h7-9H,2-6H2,1H3/t7-/m1/s1. The topological polar surface area (TPSA) is 58.2 Å². The molecule has 5 heteroatoms. The lowest BCUT2D eigenvalue weighted by Crippen LogP contribution is -2.29. The van der Waals surface area contributed by atoms with Crippen molar-refractivity contribution < 1.29 is 8.42 Å². The lowest BCUT2D eigenvalue weighted by atomic mass is 10.2. The summed E-state index contributed by atoms with van der Waals surface area (Å²) in [6.07, 6.45) is 4.47. The monoisotopic (exact) mass is 192 g/mol. The summed E-state index contributed by atoms with van der Waals surface area (Å²) in [5.74, 6) is 0. The van der Waals surface area contributed by atoms with Crippen LogP contribution in [0.25, 0.3) is 0 Å². The van der Waals surface area contributed by atoms with Crippen LogP contribution in [0.5, 0.6) is 0 Å². The van der Waals surface area contributed by atoms with Crippen molar-refractivity contribution in [2.75, 3.05) is 19.3 Å². The molecule has 1 fully saturated rings. The molecule has 1 heterocycles. The third-order valence-electron chi connectivity index (χ3n) is 2.02. The lowest BCUT2D eigenvalue weighted by molar-refractivity contribution is 0.542. The minimum atomic E-state index is -2.99. The van der Waals surface area contributed by atoms with Crippen molar-refractivity contribution in [2.45, 2.75) is 25.3 Å². The van der Waals surface area contributed by atoms with Gasteiger partial charge in [0.15, 0.2) is 0 Å². The summed E-state index contributed by atoms with van der Waals surface area (Å²) < 4.78 is 23.8. The van der Waals surface area contributed by atoms with Crippen LogP contribution < -0.4 is 10.0 Å². The third-order valence-corrected chi connectivity index (χ3v) is 2.75. The quantitative estimate of drug-likeness (QED) is 0.641. The van der Waals surface area contributed by atoms with Crippen molar-refractivity contribution in [3.05, 3.63) is 0 Å². The van der Waals surface area contributed by atoms with E-state index in [9.17, 15) is 8.42 Å². The summed E-state index contributed by atoms with van der Waals surface area (Å²) in [7, 11) is -2.99. The maximum absolute atomic E-state index is 10.7. The maximum Gasteiger partial charge on any atom is 0.208 e. The molecule has 72 valence electrons. The Bertz CT molecular complexity index is 220. The van der Waals surface area contributed by atoms with Gasteiger partial charge < -0.3 is 5.32 Å². The molecule has 2 N–H and O–H groups in total. The van der Waals surface area contributed by atoms with Crippen LogP contribution in [0.2, 0.25) is 0 Å². The molecule has 4 nitrogen and oxygen atoms in total. The predicted octanol–water partition coefficient (Wildman–Crippen LogP) is -0.322. The largest absolute Gasteiger partial charge is 0.314 e. The SMILES string of the molecule is CS(=O)(=O)NCC[C@H]1CCCN1. The van der Waals surface area contributed by atoms with Crippen LogP contribution in [0.3, 0.4) is 0 Å². The van der Waals surface area contributed by atoms with Gasteiger partial charge >= 0.3 is 0 Å². The Kier molecular flexibility index (Phi) is 3.49. The van der Waals surface area contributed by atoms with Crippen molar-refractivity contribution >= 4 is 10.0 Å². The Morgan fingerprint density at radius 1 is 1.58 bits per heavy atom. The average Bonchev–Trinajstić information content (AvgIpc) is 2.36. The number of nitrogens with one attached hydrogen (secondary N) is 2. The lowest BCUT2D eigenvalue weighted by Gasteiger charge is -2.09. The predicted molar refractivity (Wildman–Crippen MR) is 48.5 cm³/mol. The molecule has 1 rings (SSSR count). The summed E-state index contributed by atoms with van der Waals surface area (Å²) >= 11 is 0. The molecule has 0 bridgehead atoms. The second-order valence-corrected chi connectivity index (χ2v) is 5.08. The summed E-state index contributed by atoms with van der Waals surface area (Å²) in [5.41, 5.74) is 0. The molecule has 1 aliphatic heterocycles. The van der Waals surface area contributed by atoms with E-state index in [4.69, 9.17) is 0 Å². The Balaban J connectivity index is 2.09. The Hall–Kier alpha value is -0.130. The van der Waals surface area contributed by atoms with Gasteiger partial charge in [0.2, 0.25) is 10.0 Å². The highest BCUT2D eigenvalue weighted by atomic mass is 32.2. The fourth-order valence-electron chi connectivity index (χ4n) is 1.42. The zero-order chi connectivity index (χ0) is 9.03. The van der Waals surface area contributed by atoms with Gasteiger partial charge in [-0.2, -0.15) is 0 Å². The van der Waals surface area contributed by atoms with E-state index in [0.29, 0.717) is 12.6 Å². The fourth-order valence-corrected chi connectivity index (χ4v) is 1.91. The molecule has 12 heavy (non-hydrogen) atoms. The molecule has 0 aromatic carbocycles. The second-order valence-electron chi connectivity index (χ2n) is 3.25. The highest BCUT2D eigenvalue weighted by Crippen LogP contribution is 2.07. The first-order valence-electron chi connectivity index (χ1n) is 4.26. The highest BCUT2D eigenvalue weighted by Gasteiger charge is 2.13. The van der Waals surface area contributed by atoms with Crippen LogP contribution >= 0.6 is 0 Å². The van der Waals surface area contributed by atoms with Crippen molar-refractivity contribution in [3.63, 3.8) is 0 Å². The molecule has 0 spiro atoms. The van der Waals surface area contributed by atoms with Gasteiger partial charge in [-0.3, -0.25) is 0 Å². The smallest absolute Gasteiger partial charge is 0.208 e. The molecule has 0 aliphatic carbocycles. The van der Waals surface area contributed by atoms with Crippen molar-refractivity contribution in [2.24, 2.45) is 0 Å². The summed E-state index contributed by atoms with van der Waals surface area (Å²) in [4.78, 5) is 0. The van der Waals surface area contributed by atoms with Gasteiger partial charge in [0.25, 0.3) is 0 Å². The number of hydrogen-bond donors (Lipinski definition) is 2. The van der Waals surface area contributed by atoms with Crippen LogP contribution in [0, 0.1) is 0 Å². The first-order valence-corrected chi connectivity index (χ1v) is 6.15. The van der Waals surface area contributed by atoms with Crippen LogP contribution in [0.4, 0.5) is 0 Å². The zero-order valence-corrected chi connectivity index (χ0v) is 8.15. The van der Waals surface area contributed by atoms with Gasteiger partial charge in [0, 0.05) is 12.6 Å². The second kappa shape index (κ2) is 4.20. The van der Waals surface area contributed by atoms with E-state index < -0.39 is 10.0 Å². The molecule has 0 unspecified atom stereocenters. The molecule has 0 aromatic rings. The first-order chi connectivity index (χ1) is 5.58. The highest BCUT2D eigenvalue weighted by molar-refractivity contribution is 7.88. The van der Waals surface area contributed by atoms with Crippen LogP contribution in [-0.4, -0.2) is 33.8 Å². The maximum atomic E-state index is 10.7. The molecular weight excluding hydrogens is 176 g/mol. The zero-order valence-electron chi connectivity index (χ0n) is 7.34. The Morgan fingerprint density at radius 3 is 2.83 bits per heavy atom. The van der Waals surface area contributed by atoms with E-state index in [-0.39, 0.29) is 0 Å². The molecule has 1 aliphatic rings. The molecule has 0 saturated carbocycles. The fraction of sp³-hybridized carbons (Fsp3) is 1.00. The first kappa shape index (κ1) is 9.95.